The van der Waals surface area contributed by atoms with E-state index in [1.54, 1.807) is 29.7 Å². The second-order valence-electron chi connectivity index (χ2n) is 5.79. The van der Waals surface area contributed by atoms with E-state index in [-0.39, 0.29) is 5.91 Å². The highest BCUT2D eigenvalue weighted by molar-refractivity contribution is 7.99. The first-order valence-electron chi connectivity index (χ1n) is 8.04. The molecule has 4 nitrogen and oxygen atoms in total. The first-order chi connectivity index (χ1) is 12.1. The average molecular weight is 370 g/mol. The number of nitrogens with zero attached hydrogens (tertiary/aromatic N) is 2. The predicted octanol–water partition coefficient (Wildman–Crippen LogP) is 4.74. The number of carbonyl (C=O) groups excluding carboxylic acids is 1. The molecule has 3 rings (SSSR count). The van der Waals surface area contributed by atoms with Crippen molar-refractivity contribution in [3.8, 4) is 0 Å². The summed E-state index contributed by atoms with van der Waals surface area (Å²) in [5.41, 5.74) is 1.47. The summed E-state index contributed by atoms with van der Waals surface area (Å²) in [5.74, 6) is 0.271. The molecular weight excluding hydrogens is 350 g/mol. The van der Waals surface area contributed by atoms with Crippen LogP contribution in [0, 0.1) is 0 Å². The van der Waals surface area contributed by atoms with Crippen molar-refractivity contribution in [2.24, 2.45) is 0 Å². The highest BCUT2D eigenvalue weighted by Gasteiger charge is 2.14. The number of carbonyl (C=O) groups is 1. The van der Waals surface area contributed by atoms with Gasteiger partial charge in [0, 0.05) is 22.4 Å². The lowest BCUT2D eigenvalue weighted by Gasteiger charge is -2.08. The topological polar surface area (TPSA) is 54.9 Å². The Morgan fingerprint density at radius 1 is 1.20 bits per heavy atom. The lowest BCUT2D eigenvalue weighted by atomic mass is 10.2. The standard InChI is InChI=1S/C19H19N3OS2/c1-13(2)18-22-14(12-24-18)11-21-17(23)16-9-6-10-20-19(16)25-15-7-4-3-5-8-15/h3-10,12-13H,11H2,1-2H3,(H,21,23). The van der Waals surface area contributed by atoms with E-state index in [0.29, 0.717) is 23.1 Å². The molecule has 2 aromatic heterocycles. The van der Waals surface area contributed by atoms with E-state index in [0.717, 1.165) is 15.6 Å². The molecule has 0 aliphatic heterocycles. The summed E-state index contributed by atoms with van der Waals surface area (Å²) < 4.78 is 0. The fourth-order valence-electron chi connectivity index (χ4n) is 2.18. The van der Waals surface area contributed by atoms with Crippen molar-refractivity contribution in [2.45, 2.75) is 36.2 Å². The highest BCUT2D eigenvalue weighted by atomic mass is 32.2. The molecule has 0 aliphatic carbocycles. The summed E-state index contributed by atoms with van der Waals surface area (Å²) in [7, 11) is 0. The normalized spacial score (nSPS) is 10.8. The van der Waals surface area contributed by atoms with E-state index in [9.17, 15) is 4.79 Å². The van der Waals surface area contributed by atoms with Gasteiger partial charge in [0.15, 0.2) is 0 Å². The van der Waals surface area contributed by atoms with E-state index in [1.807, 2.05) is 35.7 Å². The van der Waals surface area contributed by atoms with Gasteiger partial charge in [-0.3, -0.25) is 4.79 Å². The molecule has 25 heavy (non-hydrogen) atoms. The monoisotopic (exact) mass is 369 g/mol. The largest absolute Gasteiger partial charge is 0.346 e. The van der Waals surface area contributed by atoms with Gasteiger partial charge in [0.05, 0.1) is 22.8 Å². The van der Waals surface area contributed by atoms with E-state index in [2.05, 4.69) is 29.1 Å². The van der Waals surface area contributed by atoms with Crippen LogP contribution in [0.2, 0.25) is 0 Å². The predicted molar refractivity (Wildman–Crippen MR) is 102 cm³/mol. The molecule has 1 N–H and O–H groups in total. The molecule has 0 unspecified atom stereocenters. The van der Waals surface area contributed by atoms with Gasteiger partial charge < -0.3 is 5.32 Å². The molecule has 0 atom stereocenters. The Kier molecular flexibility index (Phi) is 5.83. The van der Waals surface area contributed by atoms with Gasteiger partial charge in [-0.2, -0.15) is 0 Å². The molecule has 0 spiro atoms. The summed E-state index contributed by atoms with van der Waals surface area (Å²) in [6.45, 7) is 4.65. The second kappa shape index (κ2) is 8.27. The van der Waals surface area contributed by atoms with Gasteiger partial charge in [0.25, 0.3) is 5.91 Å². The minimum atomic E-state index is -0.134. The van der Waals surface area contributed by atoms with Gasteiger partial charge in [-0.15, -0.1) is 11.3 Å². The van der Waals surface area contributed by atoms with Gasteiger partial charge >= 0.3 is 0 Å². The van der Waals surface area contributed by atoms with E-state index in [1.165, 1.54) is 11.8 Å². The van der Waals surface area contributed by atoms with Crippen LogP contribution in [0.15, 0.2) is 64.0 Å². The van der Waals surface area contributed by atoms with Crippen LogP contribution in [-0.4, -0.2) is 15.9 Å². The van der Waals surface area contributed by atoms with Gasteiger partial charge in [-0.1, -0.05) is 43.8 Å². The zero-order chi connectivity index (χ0) is 17.6. The number of benzene rings is 1. The van der Waals surface area contributed by atoms with Crippen LogP contribution >= 0.6 is 23.1 Å². The second-order valence-corrected chi connectivity index (χ2v) is 7.74. The average Bonchev–Trinajstić information content (AvgIpc) is 3.10. The molecular formula is C19H19N3OS2. The Morgan fingerprint density at radius 3 is 2.72 bits per heavy atom. The van der Waals surface area contributed by atoms with Gasteiger partial charge in [-0.05, 0) is 24.3 Å². The molecule has 0 saturated carbocycles. The van der Waals surface area contributed by atoms with Crippen molar-refractivity contribution in [2.75, 3.05) is 0 Å². The van der Waals surface area contributed by atoms with Crippen molar-refractivity contribution >= 4 is 29.0 Å². The van der Waals surface area contributed by atoms with Crippen LogP contribution < -0.4 is 5.32 Å². The zero-order valence-electron chi connectivity index (χ0n) is 14.1. The Hall–Kier alpha value is -2.18. The van der Waals surface area contributed by atoms with Gasteiger partial charge in [-0.25, -0.2) is 9.97 Å². The summed E-state index contributed by atoms with van der Waals surface area (Å²) in [6.07, 6.45) is 1.71. The summed E-state index contributed by atoms with van der Waals surface area (Å²) in [5, 5.41) is 6.73. The molecule has 0 saturated heterocycles. The van der Waals surface area contributed by atoms with E-state index >= 15 is 0 Å². The number of rotatable bonds is 6. The first kappa shape index (κ1) is 17.6. The molecule has 2 heterocycles. The van der Waals surface area contributed by atoms with Crippen LogP contribution in [0.1, 0.15) is 40.8 Å². The van der Waals surface area contributed by atoms with Crippen LogP contribution in [0.4, 0.5) is 0 Å². The van der Waals surface area contributed by atoms with Crippen molar-refractivity contribution in [3.63, 3.8) is 0 Å². The number of hydrogen-bond acceptors (Lipinski definition) is 5. The summed E-state index contributed by atoms with van der Waals surface area (Å²) in [4.78, 5) is 22.5. The van der Waals surface area contributed by atoms with Crippen molar-refractivity contribution in [1.82, 2.24) is 15.3 Å². The highest BCUT2D eigenvalue weighted by Crippen LogP contribution is 2.28. The quantitative estimate of drug-likeness (QED) is 0.682. The van der Waals surface area contributed by atoms with Gasteiger partial charge in [0.2, 0.25) is 0 Å². The van der Waals surface area contributed by atoms with Crippen molar-refractivity contribution in [1.29, 1.82) is 0 Å². The minimum absolute atomic E-state index is 0.134. The number of amides is 1. The SMILES string of the molecule is CC(C)c1nc(CNC(=O)c2cccnc2Sc2ccccc2)cs1. The third-order valence-electron chi connectivity index (χ3n) is 3.47. The Balaban J connectivity index is 1.69. The maximum Gasteiger partial charge on any atom is 0.254 e. The molecule has 128 valence electrons. The van der Waals surface area contributed by atoms with Crippen LogP contribution in [0.5, 0.6) is 0 Å². The maximum atomic E-state index is 12.6. The third kappa shape index (κ3) is 4.67. The molecule has 1 amide bonds. The number of aromatic nitrogens is 2. The molecule has 6 heteroatoms. The number of nitrogens with one attached hydrogen (secondary N) is 1. The zero-order valence-corrected chi connectivity index (χ0v) is 15.7. The lowest BCUT2D eigenvalue weighted by Crippen LogP contribution is -2.23. The van der Waals surface area contributed by atoms with E-state index in [4.69, 9.17) is 0 Å². The smallest absolute Gasteiger partial charge is 0.254 e. The number of hydrogen-bond donors (Lipinski definition) is 1. The number of pyridine rings is 1. The van der Waals surface area contributed by atoms with E-state index < -0.39 is 0 Å². The van der Waals surface area contributed by atoms with Crippen LogP contribution in [0.25, 0.3) is 0 Å². The molecule has 0 radical (unpaired) electrons. The number of thiazole rings is 1. The first-order valence-corrected chi connectivity index (χ1v) is 9.73. The Morgan fingerprint density at radius 2 is 2.00 bits per heavy atom. The maximum absolute atomic E-state index is 12.6. The fourth-order valence-corrected chi connectivity index (χ4v) is 3.92. The summed E-state index contributed by atoms with van der Waals surface area (Å²) >= 11 is 3.12. The summed E-state index contributed by atoms with van der Waals surface area (Å²) in [6, 6.07) is 13.5. The molecule has 0 aliphatic rings. The molecule has 1 aromatic carbocycles. The van der Waals surface area contributed by atoms with Crippen molar-refractivity contribution < 1.29 is 4.79 Å². The van der Waals surface area contributed by atoms with Crippen molar-refractivity contribution in [3.05, 3.63) is 70.3 Å². The molecule has 3 aromatic rings. The Labute approximate surface area is 155 Å². The third-order valence-corrected chi connectivity index (χ3v) is 5.69. The van der Waals surface area contributed by atoms with Crippen LogP contribution in [-0.2, 0) is 6.54 Å². The van der Waals surface area contributed by atoms with Crippen LogP contribution in [0.3, 0.4) is 0 Å². The minimum Gasteiger partial charge on any atom is -0.346 e. The lowest BCUT2D eigenvalue weighted by molar-refractivity contribution is 0.0947. The fraction of sp³-hybridized carbons (Fsp3) is 0.211. The Bertz CT molecular complexity index is 847. The molecule has 0 bridgehead atoms. The van der Waals surface area contributed by atoms with Gasteiger partial charge in [0.1, 0.15) is 5.03 Å². The molecule has 0 fully saturated rings.